The molecule has 1 fully saturated rings. The smallest absolute Gasteiger partial charge is 0.234 e. The SMILES string of the molecule is CCCCCCCCNC(=O)CN1CCN(CC(=O)NCCCCCCCC)CCN(CC(=O)NCCCCCCCC)CCN(CC(=O)NCCCCCCCC)CC1. The molecule has 0 aromatic rings. The first-order chi connectivity index (χ1) is 29.3. The van der Waals surface area contributed by atoms with E-state index in [9.17, 15) is 19.2 Å². The monoisotopic (exact) mass is 849 g/mol. The zero-order chi connectivity index (χ0) is 43.7. The fourth-order valence-corrected chi connectivity index (χ4v) is 7.78. The highest BCUT2D eigenvalue weighted by Crippen LogP contribution is 2.08. The van der Waals surface area contributed by atoms with Crippen molar-refractivity contribution in [1.82, 2.24) is 40.9 Å². The molecule has 0 spiro atoms. The first-order valence-electron chi connectivity index (χ1n) is 25.3. The summed E-state index contributed by atoms with van der Waals surface area (Å²) in [7, 11) is 0. The molecule has 0 aromatic carbocycles. The van der Waals surface area contributed by atoms with Gasteiger partial charge in [0.25, 0.3) is 0 Å². The maximum absolute atomic E-state index is 13.2. The maximum atomic E-state index is 13.2. The summed E-state index contributed by atoms with van der Waals surface area (Å²) in [6, 6.07) is 0. The number of hydrogen-bond acceptors (Lipinski definition) is 8. The Hall–Kier alpha value is -2.28. The Kier molecular flexibility index (Phi) is 37.9. The predicted molar refractivity (Wildman–Crippen MR) is 251 cm³/mol. The van der Waals surface area contributed by atoms with Crippen molar-refractivity contribution in [2.75, 3.05) is 105 Å². The van der Waals surface area contributed by atoms with Crippen molar-refractivity contribution >= 4 is 23.6 Å². The van der Waals surface area contributed by atoms with Gasteiger partial charge in [0.05, 0.1) is 26.2 Å². The van der Waals surface area contributed by atoms with E-state index in [-0.39, 0.29) is 49.8 Å². The molecule has 0 atom stereocenters. The average Bonchev–Trinajstić information content (AvgIpc) is 3.23. The van der Waals surface area contributed by atoms with Crippen LogP contribution in [0.4, 0.5) is 0 Å². The number of nitrogens with zero attached hydrogens (tertiary/aromatic N) is 4. The van der Waals surface area contributed by atoms with Crippen LogP contribution >= 0.6 is 0 Å². The van der Waals surface area contributed by atoms with Crippen LogP contribution in [0.2, 0.25) is 0 Å². The van der Waals surface area contributed by atoms with E-state index >= 15 is 0 Å². The zero-order valence-electron chi connectivity index (χ0n) is 39.7. The molecule has 4 N–H and O–H groups in total. The molecule has 0 bridgehead atoms. The van der Waals surface area contributed by atoms with E-state index < -0.39 is 0 Å². The van der Waals surface area contributed by atoms with Gasteiger partial charge in [-0.3, -0.25) is 38.8 Å². The van der Waals surface area contributed by atoms with Gasteiger partial charge in [0.1, 0.15) is 0 Å². The van der Waals surface area contributed by atoms with Crippen LogP contribution in [0, 0.1) is 0 Å². The Labute approximate surface area is 369 Å². The van der Waals surface area contributed by atoms with E-state index in [2.05, 4.69) is 68.6 Å². The van der Waals surface area contributed by atoms with Gasteiger partial charge in [-0.25, -0.2) is 0 Å². The Morgan fingerprint density at radius 3 is 0.633 bits per heavy atom. The second kappa shape index (κ2) is 40.8. The third kappa shape index (κ3) is 34.3. The van der Waals surface area contributed by atoms with Crippen LogP contribution in [0.1, 0.15) is 182 Å². The fraction of sp³-hybridized carbons (Fsp3) is 0.917. The number of rotatable bonds is 36. The maximum Gasteiger partial charge on any atom is 0.234 e. The molecule has 0 unspecified atom stereocenters. The first kappa shape index (κ1) is 55.7. The van der Waals surface area contributed by atoms with E-state index in [1.807, 2.05) is 0 Å². The lowest BCUT2D eigenvalue weighted by Gasteiger charge is -2.33. The standard InChI is InChI=1S/C48H96N8O4/c1-5-9-13-17-21-25-29-49-45(57)41-53-33-35-54(42-46(58)50-30-26-22-18-14-10-6-2)37-39-56(44-48(60)52-32-28-24-20-16-12-8-4)40-38-55(36-34-53)43-47(59)51-31-27-23-19-15-11-7-3/h5-44H2,1-4H3,(H,49,57)(H,50,58)(H,51,59)(H,52,60). The number of amides is 4. The second-order valence-corrected chi connectivity index (χ2v) is 17.6. The van der Waals surface area contributed by atoms with Crippen LogP contribution < -0.4 is 21.3 Å². The molecule has 0 radical (unpaired) electrons. The molecule has 1 rings (SSSR count). The molecule has 4 amide bonds. The van der Waals surface area contributed by atoms with Crippen molar-refractivity contribution in [3.05, 3.63) is 0 Å². The van der Waals surface area contributed by atoms with E-state index in [1.54, 1.807) is 0 Å². The van der Waals surface area contributed by atoms with Gasteiger partial charge in [-0.05, 0) is 25.7 Å². The van der Waals surface area contributed by atoms with Crippen LogP contribution in [-0.2, 0) is 19.2 Å². The minimum absolute atomic E-state index is 0.0280. The topological polar surface area (TPSA) is 129 Å². The quantitative estimate of drug-likeness (QED) is 0.0492. The normalized spacial score (nSPS) is 15.3. The number of unbranched alkanes of at least 4 members (excludes halogenated alkanes) is 20. The minimum atomic E-state index is 0.0280. The number of hydrogen-bond donors (Lipinski definition) is 4. The van der Waals surface area contributed by atoms with E-state index in [0.29, 0.717) is 78.5 Å². The fourth-order valence-electron chi connectivity index (χ4n) is 7.78. The predicted octanol–water partition coefficient (Wildman–Crippen LogP) is 7.11. The van der Waals surface area contributed by atoms with E-state index in [0.717, 1.165) is 51.4 Å². The molecule has 0 aromatic heterocycles. The summed E-state index contributed by atoms with van der Waals surface area (Å²) >= 11 is 0. The summed E-state index contributed by atoms with van der Waals surface area (Å²) in [5, 5.41) is 12.6. The van der Waals surface area contributed by atoms with Crippen LogP contribution in [0.3, 0.4) is 0 Å². The van der Waals surface area contributed by atoms with Crippen molar-refractivity contribution < 1.29 is 19.2 Å². The van der Waals surface area contributed by atoms with Crippen molar-refractivity contribution in [2.24, 2.45) is 0 Å². The van der Waals surface area contributed by atoms with Crippen molar-refractivity contribution in [3.63, 3.8) is 0 Å². The number of carbonyl (C=O) groups is 4. The van der Waals surface area contributed by atoms with E-state index in [1.165, 1.54) is 103 Å². The number of carbonyl (C=O) groups excluding carboxylic acids is 4. The summed E-state index contributed by atoms with van der Waals surface area (Å²) < 4.78 is 0. The Morgan fingerprint density at radius 2 is 0.450 bits per heavy atom. The molecule has 0 aliphatic carbocycles. The summed E-state index contributed by atoms with van der Waals surface area (Å²) in [5.41, 5.74) is 0. The van der Waals surface area contributed by atoms with Crippen LogP contribution in [0.25, 0.3) is 0 Å². The summed E-state index contributed by atoms with van der Waals surface area (Å²) in [5.74, 6) is 0.112. The molecule has 352 valence electrons. The van der Waals surface area contributed by atoms with Gasteiger partial charge in [-0.15, -0.1) is 0 Å². The molecular formula is C48H96N8O4. The molecule has 12 nitrogen and oxygen atoms in total. The van der Waals surface area contributed by atoms with Gasteiger partial charge in [-0.1, -0.05) is 156 Å². The van der Waals surface area contributed by atoms with Gasteiger partial charge in [0.15, 0.2) is 0 Å². The summed E-state index contributed by atoms with van der Waals surface area (Å²) in [4.78, 5) is 61.7. The lowest BCUT2D eigenvalue weighted by Crippen LogP contribution is -2.51. The van der Waals surface area contributed by atoms with Gasteiger partial charge < -0.3 is 21.3 Å². The lowest BCUT2D eigenvalue weighted by atomic mass is 10.1. The largest absolute Gasteiger partial charge is 0.355 e. The molecule has 12 heteroatoms. The van der Waals surface area contributed by atoms with E-state index in [4.69, 9.17) is 0 Å². The van der Waals surface area contributed by atoms with Crippen LogP contribution in [0.15, 0.2) is 0 Å². The average molecular weight is 849 g/mol. The third-order valence-electron chi connectivity index (χ3n) is 11.8. The molecule has 0 saturated carbocycles. The Balaban J connectivity index is 3.01. The highest BCUT2D eigenvalue weighted by Gasteiger charge is 2.21. The van der Waals surface area contributed by atoms with Crippen molar-refractivity contribution in [1.29, 1.82) is 0 Å². The molecular weight excluding hydrogens is 753 g/mol. The Bertz CT molecular complexity index is 874. The third-order valence-corrected chi connectivity index (χ3v) is 11.8. The summed E-state index contributed by atoms with van der Waals surface area (Å²) in [6.45, 7) is 17.9. The first-order valence-corrected chi connectivity index (χ1v) is 25.3. The highest BCUT2D eigenvalue weighted by molar-refractivity contribution is 5.79. The molecule has 1 saturated heterocycles. The lowest BCUT2D eigenvalue weighted by molar-refractivity contribution is -0.125. The Morgan fingerprint density at radius 1 is 0.283 bits per heavy atom. The van der Waals surface area contributed by atoms with Crippen molar-refractivity contribution in [2.45, 2.75) is 182 Å². The van der Waals surface area contributed by atoms with Gasteiger partial charge in [-0.2, -0.15) is 0 Å². The van der Waals surface area contributed by atoms with Crippen molar-refractivity contribution in [3.8, 4) is 0 Å². The van der Waals surface area contributed by atoms with Crippen LogP contribution in [0.5, 0.6) is 0 Å². The van der Waals surface area contributed by atoms with Crippen LogP contribution in [-0.4, -0.2) is 148 Å². The molecule has 60 heavy (non-hydrogen) atoms. The molecule has 1 aliphatic rings. The molecule has 1 aliphatic heterocycles. The van der Waals surface area contributed by atoms with Gasteiger partial charge >= 0.3 is 0 Å². The number of nitrogens with one attached hydrogen (secondary N) is 4. The minimum Gasteiger partial charge on any atom is -0.355 e. The summed E-state index contributed by atoms with van der Waals surface area (Å²) in [6.07, 6.45) is 28.3. The van der Waals surface area contributed by atoms with Gasteiger partial charge in [0, 0.05) is 78.5 Å². The highest BCUT2D eigenvalue weighted by atomic mass is 16.2. The van der Waals surface area contributed by atoms with Gasteiger partial charge in [0.2, 0.25) is 23.6 Å². The molecule has 1 heterocycles. The zero-order valence-corrected chi connectivity index (χ0v) is 39.7. The second-order valence-electron chi connectivity index (χ2n) is 17.6.